The van der Waals surface area contributed by atoms with Gasteiger partial charge in [-0.15, -0.1) is 0 Å². The van der Waals surface area contributed by atoms with Gasteiger partial charge in [-0.25, -0.2) is 9.37 Å². The van der Waals surface area contributed by atoms with Crippen LogP contribution in [0, 0.1) is 5.82 Å². The van der Waals surface area contributed by atoms with E-state index in [0.29, 0.717) is 22.8 Å². The van der Waals surface area contributed by atoms with Gasteiger partial charge in [-0.2, -0.15) is 0 Å². The molecule has 0 aliphatic carbocycles. The molecule has 0 aliphatic rings. The first-order chi connectivity index (χ1) is 14.1. The second-order valence-electron chi connectivity index (χ2n) is 6.69. The molecule has 0 saturated heterocycles. The van der Waals surface area contributed by atoms with Gasteiger partial charge < -0.3 is 9.73 Å². The molecule has 1 heterocycles. The number of carbonyl (C=O) groups is 1. The molecule has 1 amide bonds. The molecule has 4 nitrogen and oxygen atoms in total. The van der Waals surface area contributed by atoms with Gasteiger partial charge in [0.15, 0.2) is 5.76 Å². The van der Waals surface area contributed by atoms with Gasteiger partial charge in [0.05, 0.1) is 17.8 Å². The summed E-state index contributed by atoms with van der Waals surface area (Å²) >= 11 is 0. The van der Waals surface area contributed by atoms with Crippen LogP contribution in [0.4, 0.5) is 4.39 Å². The van der Waals surface area contributed by atoms with Crippen molar-refractivity contribution in [2.75, 3.05) is 0 Å². The van der Waals surface area contributed by atoms with Gasteiger partial charge in [-0.3, -0.25) is 4.79 Å². The van der Waals surface area contributed by atoms with Crippen LogP contribution in [0.2, 0.25) is 0 Å². The number of oxazole rings is 1. The van der Waals surface area contributed by atoms with Gasteiger partial charge in [0.2, 0.25) is 5.89 Å². The van der Waals surface area contributed by atoms with E-state index >= 15 is 0 Å². The van der Waals surface area contributed by atoms with Crippen molar-refractivity contribution in [2.24, 2.45) is 0 Å². The van der Waals surface area contributed by atoms with Crippen molar-refractivity contribution < 1.29 is 13.6 Å². The summed E-state index contributed by atoms with van der Waals surface area (Å²) in [7, 11) is 0. The number of rotatable bonds is 5. The molecule has 144 valence electrons. The molecule has 0 unspecified atom stereocenters. The lowest BCUT2D eigenvalue weighted by Gasteiger charge is -2.15. The highest BCUT2D eigenvalue weighted by Crippen LogP contribution is 2.28. The Morgan fingerprint density at radius 1 is 0.966 bits per heavy atom. The van der Waals surface area contributed by atoms with E-state index in [2.05, 4.69) is 10.3 Å². The lowest BCUT2D eigenvalue weighted by atomic mass is 10.0. The van der Waals surface area contributed by atoms with Crippen LogP contribution in [-0.4, -0.2) is 10.9 Å². The normalized spacial score (nSPS) is 11.8. The smallest absolute Gasteiger partial charge is 0.252 e. The third-order valence-electron chi connectivity index (χ3n) is 4.68. The summed E-state index contributed by atoms with van der Waals surface area (Å²) in [6.07, 6.45) is 1.65. The summed E-state index contributed by atoms with van der Waals surface area (Å²) in [6.45, 7) is 1.85. The fourth-order valence-corrected chi connectivity index (χ4v) is 3.11. The zero-order chi connectivity index (χ0) is 20.2. The van der Waals surface area contributed by atoms with E-state index in [0.717, 1.165) is 11.1 Å². The topological polar surface area (TPSA) is 55.1 Å². The SMILES string of the molecule is C[C@@H](NC(=O)c1ccccc1-c1ncc(-c2ccccc2)o1)c1ccc(F)cc1. The van der Waals surface area contributed by atoms with Gasteiger partial charge in [-0.05, 0) is 36.8 Å². The van der Waals surface area contributed by atoms with Crippen LogP contribution < -0.4 is 5.32 Å². The van der Waals surface area contributed by atoms with Gasteiger partial charge >= 0.3 is 0 Å². The molecular formula is C24H19FN2O2. The van der Waals surface area contributed by atoms with Crippen LogP contribution in [-0.2, 0) is 0 Å². The summed E-state index contributed by atoms with van der Waals surface area (Å²) < 4.78 is 19.1. The highest BCUT2D eigenvalue weighted by atomic mass is 19.1. The molecule has 0 saturated carbocycles. The van der Waals surface area contributed by atoms with Crippen LogP contribution in [0.3, 0.4) is 0 Å². The van der Waals surface area contributed by atoms with Crippen molar-refractivity contribution in [3.8, 4) is 22.8 Å². The fourth-order valence-electron chi connectivity index (χ4n) is 3.11. The highest BCUT2D eigenvalue weighted by Gasteiger charge is 2.18. The summed E-state index contributed by atoms with van der Waals surface area (Å²) in [6, 6.07) is 22.6. The third kappa shape index (κ3) is 4.09. The molecule has 5 heteroatoms. The molecule has 4 aromatic rings. The molecule has 3 aromatic carbocycles. The Kier molecular flexibility index (Phi) is 5.20. The first kappa shape index (κ1) is 18.6. The average Bonchev–Trinajstić information content (AvgIpc) is 3.25. The lowest BCUT2D eigenvalue weighted by Crippen LogP contribution is -2.27. The summed E-state index contributed by atoms with van der Waals surface area (Å²) in [5, 5.41) is 2.95. The second kappa shape index (κ2) is 8.10. The molecule has 0 radical (unpaired) electrons. The molecule has 1 aromatic heterocycles. The van der Waals surface area contributed by atoms with E-state index < -0.39 is 0 Å². The standard InChI is InChI=1S/C24H19FN2O2/c1-16(17-11-13-19(25)14-12-17)27-23(28)20-9-5-6-10-21(20)24-26-15-22(29-24)18-7-3-2-4-8-18/h2-16H,1H3,(H,27,28)/t16-/m1/s1. The molecule has 0 aliphatic heterocycles. The fraction of sp³-hybridized carbons (Fsp3) is 0.0833. The highest BCUT2D eigenvalue weighted by molar-refractivity contribution is 6.00. The van der Waals surface area contributed by atoms with E-state index in [1.807, 2.05) is 43.3 Å². The van der Waals surface area contributed by atoms with E-state index in [4.69, 9.17) is 4.42 Å². The number of hydrogen-bond donors (Lipinski definition) is 1. The minimum atomic E-state index is -0.310. The van der Waals surface area contributed by atoms with Crippen molar-refractivity contribution >= 4 is 5.91 Å². The van der Waals surface area contributed by atoms with Crippen LogP contribution in [0.25, 0.3) is 22.8 Å². The van der Waals surface area contributed by atoms with Crippen LogP contribution >= 0.6 is 0 Å². The molecule has 0 spiro atoms. The lowest BCUT2D eigenvalue weighted by molar-refractivity contribution is 0.0940. The van der Waals surface area contributed by atoms with E-state index in [1.54, 1.807) is 36.5 Å². The van der Waals surface area contributed by atoms with E-state index in [9.17, 15) is 9.18 Å². The van der Waals surface area contributed by atoms with Gasteiger partial charge in [0.1, 0.15) is 5.82 Å². The first-order valence-corrected chi connectivity index (χ1v) is 9.29. The zero-order valence-corrected chi connectivity index (χ0v) is 15.8. The number of hydrogen-bond acceptors (Lipinski definition) is 3. The zero-order valence-electron chi connectivity index (χ0n) is 15.8. The van der Waals surface area contributed by atoms with Crippen molar-refractivity contribution in [1.29, 1.82) is 0 Å². The maximum absolute atomic E-state index is 13.1. The second-order valence-corrected chi connectivity index (χ2v) is 6.69. The molecule has 29 heavy (non-hydrogen) atoms. The van der Waals surface area contributed by atoms with Crippen molar-refractivity contribution in [3.05, 3.63) is 102 Å². The number of nitrogens with zero attached hydrogens (tertiary/aromatic N) is 1. The number of halogens is 1. The van der Waals surface area contributed by atoms with Gasteiger partial charge in [0.25, 0.3) is 5.91 Å². The largest absolute Gasteiger partial charge is 0.436 e. The van der Waals surface area contributed by atoms with E-state index in [1.165, 1.54) is 12.1 Å². The Morgan fingerprint density at radius 2 is 1.66 bits per heavy atom. The van der Waals surface area contributed by atoms with Gasteiger partial charge in [-0.1, -0.05) is 54.6 Å². The Hall–Kier alpha value is -3.73. The number of carbonyl (C=O) groups excluding carboxylic acids is 1. The van der Waals surface area contributed by atoms with Crippen LogP contribution in [0.15, 0.2) is 89.5 Å². The Balaban J connectivity index is 1.59. The van der Waals surface area contributed by atoms with Crippen LogP contribution in [0.1, 0.15) is 28.9 Å². The Bertz CT molecular complexity index is 1120. The molecule has 0 bridgehead atoms. The quantitative estimate of drug-likeness (QED) is 0.483. The number of aromatic nitrogens is 1. The number of amides is 1. The third-order valence-corrected chi connectivity index (χ3v) is 4.68. The Morgan fingerprint density at radius 3 is 2.41 bits per heavy atom. The summed E-state index contributed by atoms with van der Waals surface area (Å²) in [4.78, 5) is 17.3. The minimum Gasteiger partial charge on any atom is -0.436 e. The maximum Gasteiger partial charge on any atom is 0.252 e. The average molecular weight is 386 g/mol. The predicted molar refractivity (Wildman–Crippen MR) is 110 cm³/mol. The summed E-state index contributed by atoms with van der Waals surface area (Å²) in [5.74, 6) is 0.451. The minimum absolute atomic E-state index is 0.253. The molecule has 1 N–H and O–H groups in total. The number of nitrogens with one attached hydrogen (secondary N) is 1. The van der Waals surface area contributed by atoms with Crippen molar-refractivity contribution in [3.63, 3.8) is 0 Å². The van der Waals surface area contributed by atoms with Crippen molar-refractivity contribution in [1.82, 2.24) is 10.3 Å². The van der Waals surface area contributed by atoms with Crippen LogP contribution in [0.5, 0.6) is 0 Å². The summed E-state index contributed by atoms with van der Waals surface area (Å²) in [5.41, 5.74) is 2.80. The molecule has 4 rings (SSSR count). The first-order valence-electron chi connectivity index (χ1n) is 9.29. The Labute approximate surface area is 168 Å². The maximum atomic E-state index is 13.1. The monoisotopic (exact) mass is 386 g/mol. The number of benzene rings is 3. The van der Waals surface area contributed by atoms with Gasteiger partial charge in [0, 0.05) is 11.1 Å². The molecule has 0 fully saturated rings. The molecular weight excluding hydrogens is 367 g/mol. The van der Waals surface area contributed by atoms with E-state index in [-0.39, 0.29) is 17.8 Å². The van der Waals surface area contributed by atoms with Crippen molar-refractivity contribution in [2.45, 2.75) is 13.0 Å². The predicted octanol–water partition coefficient (Wildman–Crippen LogP) is 5.64. The molecule has 1 atom stereocenters.